The van der Waals surface area contributed by atoms with Crippen LogP contribution in [0.5, 0.6) is 0 Å². The van der Waals surface area contributed by atoms with E-state index in [0.29, 0.717) is 6.04 Å². The minimum Gasteiger partial charge on any atom is -0.363 e. The highest BCUT2D eigenvalue weighted by atomic mass is 79.9. The largest absolute Gasteiger partial charge is 0.363 e. The third-order valence-electron chi connectivity index (χ3n) is 3.24. The van der Waals surface area contributed by atoms with Gasteiger partial charge < -0.3 is 4.90 Å². The Labute approximate surface area is 116 Å². The monoisotopic (exact) mass is 302 g/mol. The Balaban J connectivity index is 1.87. The van der Waals surface area contributed by atoms with E-state index in [2.05, 4.69) is 62.2 Å². The predicted octanol–water partition coefficient (Wildman–Crippen LogP) is 4.01. The number of halogens is 1. The quantitative estimate of drug-likeness (QED) is 0.848. The smallest absolute Gasteiger partial charge is 0.0592 e. The average molecular weight is 303 g/mol. The molecular weight excluding hydrogens is 288 g/mol. The molecule has 18 heavy (non-hydrogen) atoms. The zero-order valence-corrected chi connectivity index (χ0v) is 11.7. The number of hydrogen-bond acceptors (Lipinski definition) is 2. The summed E-state index contributed by atoms with van der Waals surface area (Å²) in [4.78, 5) is 6.61. The van der Waals surface area contributed by atoms with Crippen molar-refractivity contribution in [3.8, 4) is 0 Å². The van der Waals surface area contributed by atoms with Crippen molar-refractivity contribution in [3.63, 3.8) is 0 Å². The zero-order chi connectivity index (χ0) is 12.4. The normalized spacial score (nSPS) is 14.5. The minimum absolute atomic E-state index is 0.684. The number of benzene rings is 1. The Kier molecular flexibility index (Phi) is 3.33. The highest BCUT2D eigenvalue weighted by molar-refractivity contribution is 9.10. The molecule has 1 aliphatic rings. The molecule has 1 fully saturated rings. The Morgan fingerprint density at radius 3 is 2.61 bits per heavy atom. The lowest BCUT2D eigenvalue weighted by Crippen LogP contribution is -2.25. The number of pyridine rings is 1. The Hall–Kier alpha value is -1.35. The van der Waals surface area contributed by atoms with Gasteiger partial charge >= 0.3 is 0 Å². The fourth-order valence-corrected chi connectivity index (χ4v) is 2.66. The van der Waals surface area contributed by atoms with Gasteiger partial charge in [0.25, 0.3) is 0 Å². The standard InChI is InChI=1S/C15H15BrN2/c16-14-10-17-9-8-15(14)18(13-6-7-13)11-12-4-2-1-3-5-12/h1-5,8-10,13H,6-7,11H2. The number of aromatic nitrogens is 1. The molecule has 0 N–H and O–H groups in total. The first-order valence-corrected chi connectivity index (χ1v) is 7.04. The first-order chi connectivity index (χ1) is 8.84. The lowest BCUT2D eigenvalue weighted by molar-refractivity contribution is 0.791. The molecule has 1 saturated carbocycles. The first kappa shape index (κ1) is 11.7. The minimum atomic E-state index is 0.684. The molecule has 92 valence electrons. The fraction of sp³-hybridized carbons (Fsp3) is 0.267. The summed E-state index contributed by atoms with van der Waals surface area (Å²) >= 11 is 3.60. The highest BCUT2D eigenvalue weighted by Crippen LogP contribution is 2.36. The fourth-order valence-electron chi connectivity index (χ4n) is 2.18. The molecule has 0 saturated heterocycles. The van der Waals surface area contributed by atoms with Crippen molar-refractivity contribution in [2.24, 2.45) is 0 Å². The molecule has 0 unspecified atom stereocenters. The number of rotatable bonds is 4. The molecule has 0 amide bonds. The molecule has 1 aromatic carbocycles. The van der Waals surface area contributed by atoms with Gasteiger partial charge in [-0.05, 0) is 40.4 Å². The van der Waals surface area contributed by atoms with Crippen LogP contribution in [0.4, 0.5) is 5.69 Å². The van der Waals surface area contributed by atoms with Gasteiger partial charge in [0, 0.05) is 25.0 Å². The van der Waals surface area contributed by atoms with E-state index in [0.717, 1.165) is 11.0 Å². The summed E-state index contributed by atoms with van der Waals surface area (Å²) in [6.45, 7) is 0.966. The molecule has 1 heterocycles. The van der Waals surface area contributed by atoms with Crippen LogP contribution in [0.15, 0.2) is 53.3 Å². The van der Waals surface area contributed by atoms with Gasteiger partial charge in [-0.2, -0.15) is 0 Å². The van der Waals surface area contributed by atoms with Gasteiger partial charge in [0.05, 0.1) is 10.2 Å². The maximum atomic E-state index is 4.14. The molecule has 0 atom stereocenters. The highest BCUT2D eigenvalue weighted by Gasteiger charge is 2.30. The van der Waals surface area contributed by atoms with Crippen LogP contribution in [0.25, 0.3) is 0 Å². The van der Waals surface area contributed by atoms with E-state index in [9.17, 15) is 0 Å². The summed E-state index contributed by atoms with van der Waals surface area (Å²) in [5.41, 5.74) is 2.60. The molecule has 1 aromatic heterocycles. The van der Waals surface area contributed by atoms with Crippen LogP contribution in [0.3, 0.4) is 0 Å². The number of nitrogens with zero attached hydrogens (tertiary/aromatic N) is 2. The Bertz CT molecular complexity index is 523. The van der Waals surface area contributed by atoms with Gasteiger partial charge in [0.2, 0.25) is 0 Å². The second-order valence-corrected chi connectivity index (χ2v) is 5.53. The van der Waals surface area contributed by atoms with Crippen LogP contribution in [0.1, 0.15) is 18.4 Å². The van der Waals surface area contributed by atoms with Crippen molar-refractivity contribution in [1.82, 2.24) is 4.98 Å². The van der Waals surface area contributed by atoms with Crippen LogP contribution in [-0.4, -0.2) is 11.0 Å². The summed E-state index contributed by atoms with van der Waals surface area (Å²) in [7, 11) is 0. The van der Waals surface area contributed by atoms with Crippen LogP contribution in [0.2, 0.25) is 0 Å². The van der Waals surface area contributed by atoms with E-state index in [-0.39, 0.29) is 0 Å². The Morgan fingerprint density at radius 2 is 1.94 bits per heavy atom. The van der Waals surface area contributed by atoms with Crippen molar-refractivity contribution >= 4 is 21.6 Å². The van der Waals surface area contributed by atoms with Crippen LogP contribution >= 0.6 is 15.9 Å². The molecule has 3 heteroatoms. The summed E-state index contributed by atoms with van der Waals surface area (Å²) in [5.74, 6) is 0. The number of hydrogen-bond donors (Lipinski definition) is 0. The number of anilines is 1. The van der Waals surface area contributed by atoms with Crippen molar-refractivity contribution in [3.05, 3.63) is 58.8 Å². The molecule has 0 spiro atoms. The molecule has 0 aliphatic heterocycles. The van der Waals surface area contributed by atoms with Gasteiger partial charge in [-0.3, -0.25) is 4.98 Å². The van der Waals surface area contributed by atoms with E-state index < -0.39 is 0 Å². The molecular formula is C15H15BrN2. The first-order valence-electron chi connectivity index (χ1n) is 6.24. The molecule has 0 radical (unpaired) electrons. The average Bonchev–Trinajstić information content (AvgIpc) is 3.23. The lowest BCUT2D eigenvalue weighted by Gasteiger charge is -2.25. The maximum absolute atomic E-state index is 4.14. The van der Waals surface area contributed by atoms with E-state index in [1.807, 2.05) is 12.4 Å². The topological polar surface area (TPSA) is 16.1 Å². The summed E-state index contributed by atoms with van der Waals surface area (Å²) < 4.78 is 1.08. The van der Waals surface area contributed by atoms with Gasteiger partial charge in [-0.25, -0.2) is 0 Å². The van der Waals surface area contributed by atoms with Crippen molar-refractivity contribution < 1.29 is 0 Å². The van der Waals surface area contributed by atoms with Gasteiger partial charge in [-0.15, -0.1) is 0 Å². The van der Waals surface area contributed by atoms with Gasteiger partial charge in [0.15, 0.2) is 0 Å². The zero-order valence-electron chi connectivity index (χ0n) is 10.1. The van der Waals surface area contributed by atoms with Gasteiger partial charge in [0.1, 0.15) is 0 Å². The molecule has 0 bridgehead atoms. The summed E-state index contributed by atoms with van der Waals surface area (Å²) in [6, 6.07) is 13.4. The molecule has 1 aliphatic carbocycles. The van der Waals surface area contributed by atoms with Crippen LogP contribution in [0, 0.1) is 0 Å². The molecule has 3 rings (SSSR count). The second kappa shape index (κ2) is 5.11. The summed E-state index contributed by atoms with van der Waals surface area (Å²) in [5, 5.41) is 0. The van der Waals surface area contributed by atoms with E-state index in [4.69, 9.17) is 0 Å². The third kappa shape index (κ3) is 2.56. The predicted molar refractivity (Wildman–Crippen MR) is 77.6 cm³/mol. The second-order valence-electron chi connectivity index (χ2n) is 4.67. The van der Waals surface area contributed by atoms with Crippen molar-refractivity contribution in [1.29, 1.82) is 0 Å². The lowest BCUT2D eigenvalue weighted by atomic mass is 10.2. The van der Waals surface area contributed by atoms with E-state index in [1.165, 1.54) is 24.1 Å². The molecule has 2 nitrogen and oxygen atoms in total. The van der Waals surface area contributed by atoms with Crippen LogP contribution in [-0.2, 0) is 6.54 Å². The SMILES string of the molecule is Brc1cnccc1N(Cc1ccccc1)C1CC1. The van der Waals surface area contributed by atoms with E-state index >= 15 is 0 Å². The van der Waals surface area contributed by atoms with Crippen molar-refractivity contribution in [2.75, 3.05) is 4.90 Å². The molecule has 2 aromatic rings. The Morgan fingerprint density at radius 1 is 1.17 bits per heavy atom. The maximum Gasteiger partial charge on any atom is 0.0592 e. The summed E-state index contributed by atoms with van der Waals surface area (Å²) in [6.07, 6.45) is 6.32. The van der Waals surface area contributed by atoms with E-state index in [1.54, 1.807) is 0 Å². The van der Waals surface area contributed by atoms with Crippen molar-refractivity contribution in [2.45, 2.75) is 25.4 Å². The van der Waals surface area contributed by atoms with Gasteiger partial charge in [-0.1, -0.05) is 30.3 Å². The third-order valence-corrected chi connectivity index (χ3v) is 3.85. The van der Waals surface area contributed by atoms with Crippen LogP contribution < -0.4 is 4.90 Å².